The molecular weight excluding hydrogens is 654 g/mol. The Hall–Kier alpha value is -3.33. The average molecular weight is 676 g/mol. The zero-order valence-electron chi connectivity index (χ0n) is 22.0. The molecule has 0 amide bonds. The third kappa shape index (κ3) is 5.87. The van der Waals surface area contributed by atoms with Gasteiger partial charge in [0, 0.05) is 15.9 Å². The van der Waals surface area contributed by atoms with Crippen LogP contribution in [0.15, 0.2) is 30.3 Å². The number of rotatable bonds is 11. The molecule has 6 rings (SSSR count). The normalized spacial score (nSPS) is 28.9. The fraction of sp³-hybridized carbons (Fsp3) is 0.500. The van der Waals surface area contributed by atoms with Gasteiger partial charge in [0.1, 0.15) is 42.6 Å². The summed E-state index contributed by atoms with van der Waals surface area (Å²) in [4.78, 5) is 46.9. The second-order valence-corrected chi connectivity index (χ2v) is 13.3. The van der Waals surface area contributed by atoms with Crippen molar-refractivity contribution in [3.05, 3.63) is 30.2 Å². The molecule has 2 saturated heterocycles. The van der Waals surface area contributed by atoms with E-state index in [2.05, 4.69) is 46.7 Å². The summed E-state index contributed by atoms with van der Waals surface area (Å²) in [7, 11) is -3.05. The lowest BCUT2D eigenvalue weighted by molar-refractivity contribution is -0.0423. The van der Waals surface area contributed by atoms with Gasteiger partial charge in [-0.3, -0.25) is 9.13 Å². The summed E-state index contributed by atoms with van der Waals surface area (Å²) in [6, 6.07) is 0. The van der Waals surface area contributed by atoms with Gasteiger partial charge in [-0.1, -0.05) is 0 Å². The van der Waals surface area contributed by atoms with E-state index in [0.29, 0.717) is 0 Å². The summed E-state index contributed by atoms with van der Waals surface area (Å²) in [5, 5.41) is 0. The standard InChI is InChI=1S/C20H21F2N11O8P2S/c21-9-1-8(39-19(9)32-6-29-12-15(23)25-4-27-17(12)32)2-37-42(35)41-14-10(3-38-43(36,44)31-34)40-20(11(14)22)33-7-30-13-16(24)26-5-28-18(13)33/h4-11,14,19-20H,1-3H2,(H4-,23,24,25,26,27,28,36,44)/p+1/t8-,9-,10+,11-,14+,19+,20+,43?/m0/s1. The van der Waals surface area contributed by atoms with Crippen LogP contribution in [0.3, 0.4) is 0 Å². The first-order valence-corrected chi connectivity index (χ1v) is 16.3. The van der Waals surface area contributed by atoms with E-state index in [0.717, 1.165) is 6.33 Å². The van der Waals surface area contributed by atoms with Gasteiger partial charge in [-0.05, 0) is 11.8 Å². The number of nitrogens with zero attached hydrogens (tertiary/aromatic N) is 9. The topological polar surface area (TPSA) is 252 Å². The summed E-state index contributed by atoms with van der Waals surface area (Å²) in [6.45, 7) is -5.14. The number of aromatic nitrogens is 8. The SMILES string of the molecule is Nc1ncnc2c1ncn2[C@@H]1O[C@H](COP(O)(=S)N=O)[C@@H](O[P+](=O)OC[C@@H]2C[C@H](F)[C@H](n3cnc4c(N)ncnc43)O2)[C@@H]1F. The van der Waals surface area contributed by atoms with Gasteiger partial charge < -0.3 is 30.4 Å². The fourth-order valence-corrected chi connectivity index (χ4v) is 6.18. The number of hydrogen-bond donors (Lipinski definition) is 3. The number of nitroso groups, excluding NO2 is 1. The number of halogens is 2. The summed E-state index contributed by atoms with van der Waals surface area (Å²) >= 11 is 4.59. The highest BCUT2D eigenvalue weighted by molar-refractivity contribution is 8.08. The van der Waals surface area contributed by atoms with Crippen molar-refractivity contribution in [1.82, 2.24) is 39.0 Å². The van der Waals surface area contributed by atoms with E-state index in [1.807, 2.05) is 0 Å². The van der Waals surface area contributed by atoms with Gasteiger partial charge in [-0.2, -0.15) is 0 Å². The molecule has 4 aromatic rings. The molecule has 2 aliphatic heterocycles. The smallest absolute Gasteiger partial charge is 0.382 e. The van der Waals surface area contributed by atoms with Crippen LogP contribution in [0.4, 0.5) is 20.4 Å². The van der Waals surface area contributed by atoms with Crippen LogP contribution < -0.4 is 11.5 Å². The molecule has 2 fully saturated rings. The highest BCUT2D eigenvalue weighted by atomic mass is 32.5. The van der Waals surface area contributed by atoms with Crippen molar-refractivity contribution in [2.24, 2.45) is 4.95 Å². The first kappa shape index (κ1) is 30.7. The van der Waals surface area contributed by atoms with Gasteiger partial charge in [-0.25, -0.2) is 38.7 Å². The fourth-order valence-electron chi connectivity index (χ4n) is 4.81. The minimum absolute atomic E-state index is 0.0369. The number of alkyl halides is 2. The van der Waals surface area contributed by atoms with Crippen molar-refractivity contribution >= 4 is 60.7 Å². The van der Waals surface area contributed by atoms with Crippen molar-refractivity contribution in [3.8, 4) is 0 Å². The Morgan fingerprint density at radius 1 is 1.02 bits per heavy atom. The van der Waals surface area contributed by atoms with Gasteiger partial charge in [0.25, 0.3) is 0 Å². The molecule has 9 atom stereocenters. The molecule has 44 heavy (non-hydrogen) atoms. The first-order chi connectivity index (χ1) is 21.1. The summed E-state index contributed by atoms with van der Waals surface area (Å²) in [5.74, 6) is 0.152. The van der Waals surface area contributed by atoms with E-state index in [9.17, 15) is 18.8 Å². The lowest BCUT2D eigenvalue weighted by Gasteiger charge is -2.16. The minimum atomic E-state index is -4.10. The Balaban J connectivity index is 1.13. The predicted octanol–water partition coefficient (Wildman–Crippen LogP) is 1.75. The second-order valence-electron chi connectivity index (χ2n) is 9.53. The Bertz CT molecular complexity index is 1770. The lowest BCUT2D eigenvalue weighted by Crippen LogP contribution is -2.33. The van der Waals surface area contributed by atoms with E-state index in [-0.39, 0.29) is 47.0 Å². The summed E-state index contributed by atoms with van der Waals surface area (Å²) in [6.07, 6.45) is -5.25. The minimum Gasteiger partial charge on any atom is -0.382 e. The van der Waals surface area contributed by atoms with Crippen molar-refractivity contribution < 1.29 is 41.3 Å². The molecule has 234 valence electrons. The summed E-state index contributed by atoms with van der Waals surface area (Å²) < 4.78 is 73.2. The van der Waals surface area contributed by atoms with Crippen LogP contribution in [-0.4, -0.2) is 87.8 Å². The van der Waals surface area contributed by atoms with Gasteiger partial charge in [0.2, 0.25) is 0 Å². The Kier molecular flexibility index (Phi) is 8.52. The maximum absolute atomic E-state index is 15.8. The van der Waals surface area contributed by atoms with Crippen LogP contribution in [0.1, 0.15) is 18.9 Å². The maximum atomic E-state index is 15.8. The maximum Gasteiger partial charge on any atom is 0.697 e. The first-order valence-electron chi connectivity index (χ1n) is 12.6. The van der Waals surface area contributed by atoms with E-state index in [4.69, 9.17) is 34.5 Å². The highest BCUT2D eigenvalue weighted by Crippen LogP contribution is 2.46. The zero-order chi connectivity index (χ0) is 31.2. The molecular formula is C20H22F2N11O8P2S+. The van der Waals surface area contributed by atoms with Crippen LogP contribution in [-0.2, 0) is 39.4 Å². The molecule has 0 aromatic carbocycles. The second kappa shape index (κ2) is 12.2. The zero-order valence-corrected chi connectivity index (χ0v) is 24.6. The molecule has 4 aromatic heterocycles. The van der Waals surface area contributed by atoms with E-state index >= 15 is 4.39 Å². The monoisotopic (exact) mass is 676 g/mol. The molecule has 0 aliphatic carbocycles. The molecule has 2 aliphatic rings. The molecule has 0 saturated carbocycles. The molecule has 2 unspecified atom stereocenters. The predicted molar refractivity (Wildman–Crippen MR) is 148 cm³/mol. The Labute approximate surface area is 250 Å². The van der Waals surface area contributed by atoms with Crippen LogP contribution in [0.25, 0.3) is 22.3 Å². The van der Waals surface area contributed by atoms with E-state index < -0.39 is 64.6 Å². The number of anilines is 2. The van der Waals surface area contributed by atoms with Crippen LogP contribution in [0.5, 0.6) is 0 Å². The number of imidazole rings is 2. The number of ether oxygens (including phenoxy) is 2. The number of fused-ring (bicyclic) bond motifs is 2. The molecule has 19 nitrogen and oxygen atoms in total. The quantitative estimate of drug-likeness (QED) is 0.151. The summed E-state index contributed by atoms with van der Waals surface area (Å²) in [5.41, 5.74) is 12.4. The molecule has 0 bridgehead atoms. The van der Waals surface area contributed by atoms with Crippen LogP contribution in [0, 0.1) is 4.91 Å². The Morgan fingerprint density at radius 2 is 1.64 bits per heavy atom. The van der Waals surface area contributed by atoms with Crippen LogP contribution in [0.2, 0.25) is 0 Å². The van der Waals surface area contributed by atoms with Crippen LogP contribution >= 0.6 is 14.9 Å². The molecule has 5 N–H and O–H groups in total. The van der Waals surface area contributed by atoms with Gasteiger partial charge >= 0.3 is 14.9 Å². The van der Waals surface area contributed by atoms with Crippen molar-refractivity contribution in [2.45, 2.75) is 49.5 Å². The molecule has 24 heteroatoms. The van der Waals surface area contributed by atoms with E-state index in [1.54, 1.807) is 0 Å². The number of nitrogen functional groups attached to an aromatic ring is 2. The van der Waals surface area contributed by atoms with Crippen molar-refractivity contribution in [1.29, 1.82) is 0 Å². The third-order valence-electron chi connectivity index (χ3n) is 6.80. The molecule has 6 heterocycles. The highest BCUT2D eigenvalue weighted by Gasteiger charge is 2.53. The largest absolute Gasteiger partial charge is 0.697 e. The average Bonchev–Trinajstić information content (AvgIpc) is 3.77. The van der Waals surface area contributed by atoms with Gasteiger partial charge in [-0.15, -0.1) is 14.0 Å². The number of nitrogens with two attached hydrogens (primary N) is 2. The van der Waals surface area contributed by atoms with E-state index in [1.165, 1.54) is 28.1 Å². The molecule has 0 radical (unpaired) electrons. The Morgan fingerprint density at radius 3 is 2.25 bits per heavy atom. The van der Waals surface area contributed by atoms with Gasteiger partial charge in [0.05, 0.1) is 25.4 Å². The number of hydrogen-bond acceptors (Lipinski definition) is 16. The third-order valence-corrected chi connectivity index (χ3v) is 8.79. The van der Waals surface area contributed by atoms with Crippen molar-refractivity contribution in [2.75, 3.05) is 24.7 Å². The molecule has 0 spiro atoms. The lowest BCUT2D eigenvalue weighted by atomic mass is 10.1. The van der Waals surface area contributed by atoms with Crippen molar-refractivity contribution in [3.63, 3.8) is 0 Å². The van der Waals surface area contributed by atoms with Gasteiger partial charge in [0.15, 0.2) is 47.7 Å².